The molecular formula is C11H11F2N. The number of halogens is 2. The summed E-state index contributed by atoms with van der Waals surface area (Å²) in [5.74, 6) is -0.491. The maximum atomic E-state index is 13.9. The van der Waals surface area contributed by atoms with E-state index in [0.717, 1.165) is 0 Å². The molecule has 0 radical (unpaired) electrons. The first kappa shape index (κ1) is 9.31. The zero-order chi connectivity index (χ0) is 10.3. The zero-order valence-electron chi connectivity index (χ0n) is 8.09. The lowest BCUT2D eigenvalue weighted by molar-refractivity contribution is 0.216. The molecule has 3 heteroatoms. The summed E-state index contributed by atoms with van der Waals surface area (Å²) < 4.78 is 27.2. The maximum absolute atomic E-state index is 13.9. The minimum absolute atomic E-state index is 0.132. The molecule has 2 rings (SSSR count). The summed E-state index contributed by atoms with van der Waals surface area (Å²) in [7, 11) is 0. The van der Waals surface area contributed by atoms with Crippen LogP contribution in [0.2, 0.25) is 0 Å². The summed E-state index contributed by atoms with van der Waals surface area (Å²) in [6.07, 6.45) is 0.165. The number of aliphatic imine (C=N–C) groups is 1. The van der Waals surface area contributed by atoms with Crippen LogP contribution in [0.1, 0.15) is 31.1 Å². The fraction of sp³-hybridized carbons (Fsp3) is 0.364. The Bertz CT molecular complexity index is 396. The average molecular weight is 195 g/mol. The zero-order valence-corrected chi connectivity index (χ0v) is 8.09. The predicted octanol–water partition coefficient (Wildman–Crippen LogP) is 3.05. The van der Waals surface area contributed by atoms with Gasteiger partial charge in [-0.2, -0.15) is 0 Å². The highest BCUT2D eigenvalue weighted by atomic mass is 19.1. The first-order chi connectivity index (χ1) is 6.52. The number of hydrogen-bond donors (Lipinski definition) is 0. The number of benzene rings is 1. The van der Waals surface area contributed by atoms with Gasteiger partial charge in [-0.05, 0) is 19.9 Å². The largest absolute Gasteiger partial charge is 0.283 e. The summed E-state index contributed by atoms with van der Waals surface area (Å²) in [6, 6.07) is 4.51. The van der Waals surface area contributed by atoms with Crippen molar-refractivity contribution in [3.63, 3.8) is 0 Å². The molecule has 0 bridgehead atoms. The van der Waals surface area contributed by atoms with Crippen molar-refractivity contribution in [1.82, 2.24) is 0 Å². The molecule has 1 aliphatic rings. The summed E-state index contributed by atoms with van der Waals surface area (Å²) in [5.41, 5.74) is -0.195. The standard InChI is InChI=1S/C11H11F2N/c1-11(2)10(13)9-7(6-14-11)4-3-5-8(9)12/h3-6,10H,1-2H3. The van der Waals surface area contributed by atoms with Crippen LogP contribution >= 0.6 is 0 Å². The van der Waals surface area contributed by atoms with Gasteiger partial charge in [0.2, 0.25) is 0 Å². The van der Waals surface area contributed by atoms with Crippen molar-refractivity contribution in [3.05, 3.63) is 35.1 Å². The number of hydrogen-bond acceptors (Lipinski definition) is 1. The van der Waals surface area contributed by atoms with Crippen LogP contribution in [0.5, 0.6) is 0 Å². The molecule has 1 nitrogen and oxygen atoms in total. The van der Waals surface area contributed by atoms with E-state index >= 15 is 0 Å². The van der Waals surface area contributed by atoms with E-state index in [1.54, 1.807) is 26.0 Å². The Labute approximate surface area is 81.5 Å². The van der Waals surface area contributed by atoms with Crippen LogP contribution < -0.4 is 0 Å². The Kier molecular flexibility index (Phi) is 1.91. The molecule has 1 unspecified atom stereocenters. The highest BCUT2D eigenvalue weighted by Crippen LogP contribution is 2.38. The van der Waals surface area contributed by atoms with E-state index in [1.165, 1.54) is 12.3 Å². The van der Waals surface area contributed by atoms with E-state index in [1.807, 2.05) is 0 Å². The van der Waals surface area contributed by atoms with E-state index in [-0.39, 0.29) is 5.56 Å². The third-order valence-corrected chi connectivity index (χ3v) is 2.50. The van der Waals surface area contributed by atoms with Gasteiger partial charge in [-0.25, -0.2) is 8.78 Å². The van der Waals surface area contributed by atoms with E-state index in [2.05, 4.69) is 4.99 Å². The van der Waals surface area contributed by atoms with Crippen molar-refractivity contribution in [1.29, 1.82) is 0 Å². The average Bonchev–Trinajstić information content (AvgIpc) is 2.12. The minimum atomic E-state index is -1.37. The first-order valence-electron chi connectivity index (χ1n) is 4.50. The fourth-order valence-electron chi connectivity index (χ4n) is 1.59. The Balaban J connectivity index is 2.63. The van der Waals surface area contributed by atoms with Gasteiger partial charge in [-0.3, -0.25) is 4.99 Å². The van der Waals surface area contributed by atoms with Crippen molar-refractivity contribution >= 4 is 6.21 Å². The van der Waals surface area contributed by atoms with Crippen LogP contribution in [0.4, 0.5) is 8.78 Å². The molecule has 1 aliphatic heterocycles. The molecule has 0 aliphatic carbocycles. The van der Waals surface area contributed by atoms with Crippen LogP contribution in [0.3, 0.4) is 0 Å². The van der Waals surface area contributed by atoms with Gasteiger partial charge in [0.1, 0.15) is 5.82 Å². The van der Waals surface area contributed by atoms with Gasteiger partial charge in [0, 0.05) is 17.3 Å². The van der Waals surface area contributed by atoms with Crippen LogP contribution in [0.25, 0.3) is 0 Å². The van der Waals surface area contributed by atoms with Crippen LogP contribution in [0.15, 0.2) is 23.2 Å². The molecule has 0 fully saturated rings. The van der Waals surface area contributed by atoms with Gasteiger partial charge >= 0.3 is 0 Å². The van der Waals surface area contributed by atoms with Crippen LogP contribution in [-0.4, -0.2) is 11.8 Å². The molecule has 0 spiro atoms. The fourth-order valence-corrected chi connectivity index (χ4v) is 1.59. The molecule has 14 heavy (non-hydrogen) atoms. The number of nitrogens with zero attached hydrogens (tertiary/aromatic N) is 1. The molecule has 0 amide bonds. The predicted molar refractivity (Wildman–Crippen MR) is 51.9 cm³/mol. The van der Waals surface area contributed by atoms with Gasteiger partial charge < -0.3 is 0 Å². The first-order valence-corrected chi connectivity index (χ1v) is 4.50. The second kappa shape index (κ2) is 2.87. The number of rotatable bonds is 0. The van der Waals surface area contributed by atoms with Crippen molar-refractivity contribution in [2.75, 3.05) is 0 Å². The highest BCUT2D eigenvalue weighted by Gasteiger charge is 2.36. The topological polar surface area (TPSA) is 12.4 Å². The smallest absolute Gasteiger partial charge is 0.153 e. The van der Waals surface area contributed by atoms with Crippen molar-refractivity contribution in [2.45, 2.75) is 25.6 Å². The van der Waals surface area contributed by atoms with Gasteiger partial charge in [0.25, 0.3) is 0 Å². The van der Waals surface area contributed by atoms with Crippen molar-refractivity contribution < 1.29 is 8.78 Å². The Morgan fingerprint density at radius 3 is 2.79 bits per heavy atom. The lowest BCUT2D eigenvalue weighted by atomic mass is 9.87. The monoisotopic (exact) mass is 195 g/mol. The van der Waals surface area contributed by atoms with E-state index in [9.17, 15) is 8.78 Å². The summed E-state index contributed by atoms with van der Waals surface area (Å²) in [5, 5.41) is 0. The second-order valence-electron chi connectivity index (χ2n) is 4.02. The lowest BCUT2D eigenvalue weighted by Gasteiger charge is -2.29. The Hall–Kier alpha value is -1.25. The summed E-state index contributed by atoms with van der Waals surface area (Å²) in [6.45, 7) is 3.31. The molecule has 1 atom stereocenters. The van der Waals surface area contributed by atoms with E-state index < -0.39 is 17.5 Å². The molecular weight excluding hydrogens is 184 g/mol. The molecule has 0 aromatic heterocycles. The quantitative estimate of drug-likeness (QED) is 0.603. The summed E-state index contributed by atoms with van der Waals surface area (Å²) >= 11 is 0. The molecule has 0 saturated heterocycles. The van der Waals surface area contributed by atoms with E-state index in [4.69, 9.17) is 0 Å². The molecule has 1 aromatic rings. The van der Waals surface area contributed by atoms with Gasteiger partial charge in [-0.1, -0.05) is 12.1 Å². The Morgan fingerprint density at radius 2 is 2.07 bits per heavy atom. The second-order valence-corrected chi connectivity index (χ2v) is 4.02. The Morgan fingerprint density at radius 1 is 1.36 bits per heavy atom. The third kappa shape index (κ3) is 1.24. The lowest BCUT2D eigenvalue weighted by Crippen LogP contribution is -2.29. The molecule has 0 saturated carbocycles. The normalized spacial score (nSPS) is 23.3. The number of fused-ring (bicyclic) bond motifs is 1. The third-order valence-electron chi connectivity index (χ3n) is 2.50. The SMILES string of the molecule is CC1(C)N=Cc2cccc(F)c2C1F. The number of alkyl halides is 1. The van der Waals surface area contributed by atoms with Gasteiger partial charge in [-0.15, -0.1) is 0 Å². The highest BCUT2D eigenvalue weighted by molar-refractivity contribution is 5.84. The van der Waals surface area contributed by atoms with E-state index in [0.29, 0.717) is 5.56 Å². The maximum Gasteiger partial charge on any atom is 0.153 e. The van der Waals surface area contributed by atoms with Crippen molar-refractivity contribution in [2.24, 2.45) is 4.99 Å². The van der Waals surface area contributed by atoms with Crippen molar-refractivity contribution in [3.8, 4) is 0 Å². The molecule has 74 valence electrons. The van der Waals surface area contributed by atoms with Gasteiger partial charge in [0.15, 0.2) is 6.17 Å². The van der Waals surface area contributed by atoms with Crippen LogP contribution in [0, 0.1) is 5.82 Å². The summed E-state index contributed by atoms with van der Waals surface area (Å²) in [4.78, 5) is 4.06. The molecule has 1 aromatic carbocycles. The van der Waals surface area contributed by atoms with Gasteiger partial charge in [0.05, 0.1) is 5.54 Å². The van der Waals surface area contributed by atoms with Crippen LogP contribution in [-0.2, 0) is 0 Å². The molecule has 1 heterocycles. The molecule has 0 N–H and O–H groups in total. The minimum Gasteiger partial charge on any atom is -0.283 e.